The van der Waals surface area contributed by atoms with Gasteiger partial charge < -0.3 is 5.32 Å². The van der Waals surface area contributed by atoms with Gasteiger partial charge in [0.25, 0.3) is 0 Å². The number of hydrogen-bond acceptors (Lipinski definition) is 5. The Bertz CT molecular complexity index is 495. The topological polar surface area (TPSA) is 92.3 Å². The molecule has 0 aliphatic carbocycles. The molecule has 2 rings (SSSR count). The van der Waals surface area contributed by atoms with Crippen molar-refractivity contribution < 1.29 is 16.8 Å². The van der Waals surface area contributed by atoms with Crippen molar-refractivity contribution in [2.75, 3.05) is 24.6 Å². The molecule has 0 aromatic carbocycles. The van der Waals surface area contributed by atoms with Crippen LogP contribution in [0.4, 0.5) is 0 Å². The normalized spacial score (nSPS) is 31.4. The smallest absolute Gasteiger partial charge is 0.213 e. The van der Waals surface area contributed by atoms with E-state index < -0.39 is 25.1 Å². The first-order valence-corrected chi connectivity index (χ1v) is 10.2. The highest BCUT2D eigenvalue weighted by Crippen LogP contribution is 2.19. The highest BCUT2D eigenvalue weighted by Gasteiger charge is 2.32. The molecule has 112 valence electrons. The SMILES string of the molecule is O=S(=O)(CC1CCCCN1)NCC1CCCS1(=O)=O. The van der Waals surface area contributed by atoms with E-state index in [0.717, 1.165) is 25.8 Å². The molecule has 0 spiro atoms. The molecule has 0 bridgehead atoms. The largest absolute Gasteiger partial charge is 0.313 e. The summed E-state index contributed by atoms with van der Waals surface area (Å²) >= 11 is 0. The van der Waals surface area contributed by atoms with Crippen LogP contribution in [-0.4, -0.2) is 52.7 Å². The first-order chi connectivity index (χ1) is 8.89. The molecule has 0 amide bonds. The highest BCUT2D eigenvalue weighted by atomic mass is 32.2. The van der Waals surface area contributed by atoms with Gasteiger partial charge in [-0.1, -0.05) is 6.42 Å². The van der Waals surface area contributed by atoms with Gasteiger partial charge in [-0.3, -0.25) is 0 Å². The Kier molecular flexibility index (Phi) is 4.86. The van der Waals surface area contributed by atoms with Crippen molar-refractivity contribution in [3.05, 3.63) is 0 Å². The molecule has 2 heterocycles. The highest BCUT2D eigenvalue weighted by molar-refractivity contribution is 7.92. The van der Waals surface area contributed by atoms with Crippen molar-refractivity contribution in [2.45, 2.75) is 43.4 Å². The second kappa shape index (κ2) is 6.07. The second-order valence-corrected chi connectivity index (χ2v) is 9.66. The standard InChI is InChI=1S/C11H22N2O4S2/c14-18(15)7-3-5-11(18)8-13-19(16,17)9-10-4-1-2-6-12-10/h10-13H,1-9H2. The lowest BCUT2D eigenvalue weighted by Gasteiger charge is -2.23. The van der Waals surface area contributed by atoms with E-state index in [-0.39, 0.29) is 24.1 Å². The molecule has 19 heavy (non-hydrogen) atoms. The first kappa shape index (κ1) is 15.2. The molecule has 2 fully saturated rings. The zero-order valence-corrected chi connectivity index (χ0v) is 12.6. The lowest BCUT2D eigenvalue weighted by molar-refractivity contribution is 0.422. The number of nitrogens with one attached hydrogen (secondary N) is 2. The van der Waals surface area contributed by atoms with Crippen molar-refractivity contribution in [2.24, 2.45) is 0 Å². The maximum atomic E-state index is 11.9. The van der Waals surface area contributed by atoms with Gasteiger partial charge in [0.2, 0.25) is 10.0 Å². The third kappa shape index (κ3) is 4.40. The van der Waals surface area contributed by atoms with Gasteiger partial charge in [0.15, 0.2) is 9.84 Å². The molecule has 0 aromatic rings. The summed E-state index contributed by atoms with van der Waals surface area (Å²) < 4.78 is 49.5. The average molecular weight is 310 g/mol. The van der Waals surface area contributed by atoms with Crippen LogP contribution in [0.15, 0.2) is 0 Å². The lowest BCUT2D eigenvalue weighted by Crippen LogP contribution is -2.44. The molecule has 2 atom stereocenters. The van der Waals surface area contributed by atoms with Gasteiger partial charge >= 0.3 is 0 Å². The Morgan fingerprint density at radius 3 is 2.53 bits per heavy atom. The zero-order valence-electron chi connectivity index (χ0n) is 11.0. The van der Waals surface area contributed by atoms with Crippen LogP contribution >= 0.6 is 0 Å². The van der Waals surface area contributed by atoms with E-state index in [4.69, 9.17) is 0 Å². The summed E-state index contributed by atoms with van der Waals surface area (Å²) in [6, 6.07) is -0.00793. The monoisotopic (exact) mass is 310 g/mol. The van der Waals surface area contributed by atoms with Crippen LogP contribution in [0.2, 0.25) is 0 Å². The van der Waals surface area contributed by atoms with Crippen molar-refractivity contribution >= 4 is 19.9 Å². The minimum Gasteiger partial charge on any atom is -0.313 e. The minimum absolute atomic E-state index is 0.00793. The van der Waals surface area contributed by atoms with E-state index in [2.05, 4.69) is 10.0 Å². The van der Waals surface area contributed by atoms with Crippen LogP contribution in [0, 0.1) is 0 Å². The third-order valence-corrected chi connectivity index (χ3v) is 7.55. The molecular weight excluding hydrogens is 288 g/mol. The average Bonchev–Trinajstić information content (AvgIpc) is 2.67. The Labute approximate surface area is 115 Å². The first-order valence-electron chi connectivity index (χ1n) is 6.81. The summed E-state index contributed by atoms with van der Waals surface area (Å²) in [5, 5.41) is 2.64. The fraction of sp³-hybridized carbons (Fsp3) is 1.00. The number of rotatable bonds is 5. The van der Waals surface area contributed by atoms with Gasteiger partial charge in [-0.15, -0.1) is 0 Å². The van der Waals surface area contributed by atoms with Crippen molar-refractivity contribution in [1.29, 1.82) is 0 Å². The van der Waals surface area contributed by atoms with Gasteiger partial charge in [-0.25, -0.2) is 21.6 Å². The number of sulfonamides is 1. The quantitative estimate of drug-likeness (QED) is 0.722. The van der Waals surface area contributed by atoms with E-state index in [9.17, 15) is 16.8 Å². The third-order valence-electron chi connectivity index (χ3n) is 3.83. The summed E-state index contributed by atoms with van der Waals surface area (Å²) in [4.78, 5) is 0. The van der Waals surface area contributed by atoms with Gasteiger partial charge in [0.05, 0.1) is 16.8 Å². The molecule has 0 aromatic heterocycles. The van der Waals surface area contributed by atoms with Crippen molar-refractivity contribution in [3.63, 3.8) is 0 Å². The van der Waals surface area contributed by atoms with Crippen LogP contribution in [-0.2, 0) is 19.9 Å². The number of piperidine rings is 1. The maximum Gasteiger partial charge on any atom is 0.213 e. The minimum atomic E-state index is -3.40. The Morgan fingerprint density at radius 2 is 1.95 bits per heavy atom. The summed E-state index contributed by atoms with van der Waals surface area (Å²) in [6.07, 6.45) is 4.20. The van der Waals surface area contributed by atoms with Crippen LogP contribution in [0.3, 0.4) is 0 Å². The number of sulfone groups is 1. The van der Waals surface area contributed by atoms with Crippen molar-refractivity contribution in [1.82, 2.24) is 10.0 Å². The number of hydrogen-bond donors (Lipinski definition) is 2. The van der Waals surface area contributed by atoms with Gasteiger partial charge in [0.1, 0.15) is 0 Å². The van der Waals surface area contributed by atoms with Crippen LogP contribution in [0.1, 0.15) is 32.1 Å². The molecule has 2 N–H and O–H groups in total. The molecule has 2 aliphatic heterocycles. The Morgan fingerprint density at radius 1 is 1.16 bits per heavy atom. The molecule has 8 heteroatoms. The molecule has 2 aliphatic rings. The molecule has 2 saturated heterocycles. The zero-order chi connectivity index (χ0) is 13.9. The predicted molar refractivity (Wildman–Crippen MR) is 74.2 cm³/mol. The van der Waals surface area contributed by atoms with E-state index in [1.54, 1.807) is 0 Å². The second-order valence-electron chi connectivity index (χ2n) is 5.41. The Hall–Kier alpha value is -0.180. The Balaban J connectivity index is 1.83. The van der Waals surface area contributed by atoms with Crippen LogP contribution < -0.4 is 10.0 Å². The molecular formula is C11H22N2O4S2. The van der Waals surface area contributed by atoms with Crippen LogP contribution in [0.5, 0.6) is 0 Å². The van der Waals surface area contributed by atoms with E-state index in [1.165, 1.54) is 0 Å². The summed E-state index contributed by atoms with van der Waals surface area (Å²) in [7, 11) is -6.48. The van der Waals surface area contributed by atoms with Gasteiger partial charge in [-0.2, -0.15) is 0 Å². The lowest BCUT2D eigenvalue weighted by atomic mass is 10.1. The maximum absolute atomic E-state index is 11.9. The molecule has 0 radical (unpaired) electrons. The van der Waals surface area contributed by atoms with Gasteiger partial charge in [-0.05, 0) is 32.2 Å². The van der Waals surface area contributed by atoms with E-state index in [0.29, 0.717) is 12.8 Å². The summed E-state index contributed by atoms with van der Waals surface area (Å²) in [6.45, 7) is 0.884. The molecule has 2 unspecified atom stereocenters. The van der Waals surface area contributed by atoms with E-state index >= 15 is 0 Å². The molecule has 0 saturated carbocycles. The van der Waals surface area contributed by atoms with E-state index in [1.807, 2.05) is 0 Å². The van der Waals surface area contributed by atoms with Crippen molar-refractivity contribution in [3.8, 4) is 0 Å². The molecule has 6 nitrogen and oxygen atoms in total. The van der Waals surface area contributed by atoms with Gasteiger partial charge in [0, 0.05) is 12.6 Å². The summed E-state index contributed by atoms with van der Waals surface area (Å²) in [5.74, 6) is 0.226. The summed E-state index contributed by atoms with van der Waals surface area (Å²) in [5.41, 5.74) is 0. The fourth-order valence-corrected chi connectivity index (χ4v) is 5.96. The fourth-order valence-electron chi connectivity index (χ4n) is 2.70. The van der Waals surface area contributed by atoms with Crippen LogP contribution in [0.25, 0.3) is 0 Å². The predicted octanol–water partition coefficient (Wildman–Crippen LogP) is -0.375.